The minimum Gasteiger partial charge on any atom is -0.317 e. The molecule has 138 valence electrons. The highest BCUT2D eigenvalue weighted by molar-refractivity contribution is 7.90. The van der Waals surface area contributed by atoms with Gasteiger partial charge < -0.3 is 5.32 Å². The molecule has 0 spiro atoms. The largest absolute Gasteiger partial charge is 0.317 e. The highest BCUT2D eigenvalue weighted by Crippen LogP contribution is 2.34. The lowest BCUT2D eigenvalue weighted by Gasteiger charge is -2.22. The van der Waals surface area contributed by atoms with Crippen molar-refractivity contribution in [2.75, 3.05) is 18.8 Å². The van der Waals surface area contributed by atoms with E-state index in [1.54, 1.807) is 12.3 Å². The number of nitrogens with one attached hydrogen (secondary N) is 1. The number of rotatable bonds is 5. The fourth-order valence-electron chi connectivity index (χ4n) is 3.42. The Morgan fingerprint density at radius 1 is 1.24 bits per heavy atom. The summed E-state index contributed by atoms with van der Waals surface area (Å²) in [7, 11) is -4.90. The van der Waals surface area contributed by atoms with E-state index in [4.69, 9.17) is 0 Å². The Labute approximate surface area is 150 Å². The maximum atomic E-state index is 13.8. The molecule has 2 heterocycles. The highest BCUT2D eigenvalue weighted by Gasteiger charge is 2.26. The van der Waals surface area contributed by atoms with Crippen molar-refractivity contribution in [1.82, 2.24) is 9.29 Å². The van der Waals surface area contributed by atoms with Gasteiger partial charge in [0.1, 0.15) is 5.82 Å². The normalized spacial score (nSPS) is 17.3. The number of aromatic nitrogens is 1. The van der Waals surface area contributed by atoms with Gasteiger partial charge in [-0.25, -0.2) is 16.8 Å². The van der Waals surface area contributed by atoms with Crippen LogP contribution >= 0.6 is 0 Å². The van der Waals surface area contributed by atoms with E-state index < -0.39 is 18.1 Å². The van der Waals surface area contributed by atoms with Crippen LogP contribution in [-0.4, -0.2) is 39.3 Å². The number of nitrogens with zero attached hydrogens (tertiary/aromatic N) is 1. The molecule has 0 unspecified atom stereocenters. The molecule has 0 atom stereocenters. The molecular weight excluding hydrogens is 355 g/mol. The molecule has 0 radical (unpaired) electrons. The number of piperidine rings is 1. The van der Waals surface area contributed by atoms with Crippen molar-refractivity contribution in [2.24, 2.45) is 0 Å². The van der Waals surface area contributed by atoms with Gasteiger partial charge in [-0.1, -0.05) is 19.6 Å². The molecule has 0 saturated carbocycles. The zero-order valence-electron chi connectivity index (χ0n) is 15.2. The van der Waals surface area contributed by atoms with Crippen molar-refractivity contribution < 1.29 is 12.8 Å². The summed E-state index contributed by atoms with van der Waals surface area (Å²) in [4.78, 5) is 0. The Balaban J connectivity index is 2.06. The summed E-state index contributed by atoms with van der Waals surface area (Å²) in [5, 5.41) is 4.06. The number of fused-ring (bicyclic) bond motifs is 1. The summed E-state index contributed by atoms with van der Waals surface area (Å²) >= 11 is 0. The molecule has 0 aliphatic carbocycles. The quantitative estimate of drug-likeness (QED) is 0.801. The van der Waals surface area contributed by atoms with Crippen molar-refractivity contribution in [1.29, 1.82) is 0 Å². The zero-order chi connectivity index (χ0) is 18.2. The second-order valence-corrected chi connectivity index (χ2v) is 15.8. The Morgan fingerprint density at radius 3 is 2.56 bits per heavy atom. The van der Waals surface area contributed by atoms with Crippen LogP contribution in [0.15, 0.2) is 24.4 Å². The molecule has 1 aromatic carbocycles. The van der Waals surface area contributed by atoms with Gasteiger partial charge in [-0.05, 0) is 61.7 Å². The summed E-state index contributed by atoms with van der Waals surface area (Å²) < 4.78 is 41.1. The molecule has 1 aromatic heterocycles. The van der Waals surface area contributed by atoms with E-state index in [-0.39, 0.29) is 17.5 Å². The third kappa shape index (κ3) is 4.15. The van der Waals surface area contributed by atoms with E-state index in [0.717, 1.165) is 42.9 Å². The minimum absolute atomic E-state index is 0.148. The monoisotopic (exact) mass is 382 g/mol. The van der Waals surface area contributed by atoms with E-state index in [2.05, 4.69) is 25.0 Å². The van der Waals surface area contributed by atoms with E-state index in [9.17, 15) is 12.8 Å². The van der Waals surface area contributed by atoms with Gasteiger partial charge in [-0.15, -0.1) is 0 Å². The van der Waals surface area contributed by atoms with Crippen LogP contribution in [0.4, 0.5) is 4.39 Å². The second-order valence-electron chi connectivity index (χ2n) is 8.19. The summed E-state index contributed by atoms with van der Waals surface area (Å²) in [6.07, 6.45) is 3.65. The predicted octanol–water partition coefficient (Wildman–Crippen LogP) is 3.76. The van der Waals surface area contributed by atoms with Crippen molar-refractivity contribution >= 4 is 29.0 Å². The standard InChI is InChI=1S/C18H27FN2O2SSi/c1-25(2,3)11-10-24(22,23)21-13-17(14-6-8-20-9-7-14)16-12-15(19)4-5-18(16)21/h4-5,12-14,20H,6-11H2,1-3H3. The van der Waals surface area contributed by atoms with Crippen LogP contribution in [0.1, 0.15) is 24.3 Å². The van der Waals surface area contributed by atoms with Gasteiger partial charge in [-0.3, -0.25) is 0 Å². The number of hydrogen-bond acceptors (Lipinski definition) is 3. The Kier molecular flexibility index (Phi) is 5.10. The number of hydrogen-bond donors (Lipinski definition) is 1. The fourth-order valence-corrected chi connectivity index (χ4v) is 7.83. The number of benzene rings is 1. The Bertz CT molecular complexity index is 865. The molecule has 2 aromatic rings. The van der Waals surface area contributed by atoms with Gasteiger partial charge in [-0.2, -0.15) is 0 Å². The van der Waals surface area contributed by atoms with Crippen LogP contribution in [0.3, 0.4) is 0 Å². The lowest BCUT2D eigenvalue weighted by Crippen LogP contribution is -2.27. The first kappa shape index (κ1) is 18.6. The van der Waals surface area contributed by atoms with Crippen LogP contribution < -0.4 is 5.32 Å². The molecule has 0 bridgehead atoms. The molecule has 1 saturated heterocycles. The van der Waals surface area contributed by atoms with Crippen molar-refractivity contribution in [3.8, 4) is 0 Å². The molecule has 0 amide bonds. The van der Waals surface area contributed by atoms with Gasteiger partial charge >= 0.3 is 0 Å². The first-order valence-electron chi connectivity index (χ1n) is 8.92. The van der Waals surface area contributed by atoms with Crippen LogP contribution in [0.5, 0.6) is 0 Å². The summed E-state index contributed by atoms with van der Waals surface area (Å²) in [6.45, 7) is 8.34. The van der Waals surface area contributed by atoms with Crippen LogP contribution in [0, 0.1) is 5.82 Å². The molecule has 1 aliphatic rings. The van der Waals surface area contributed by atoms with Gasteiger partial charge in [0.05, 0.1) is 11.3 Å². The minimum atomic E-state index is -3.44. The first-order chi connectivity index (χ1) is 11.7. The Morgan fingerprint density at radius 2 is 1.92 bits per heavy atom. The average molecular weight is 383 g/mol. The summed E-state index contributed by atoms with van der Waals surface area (Å²) in [6, 6.07) is 5.15. The molecule has 3 rings (SSSR count). The SMILES string of the molecule is C[Si](C)(C)CCS(=O)(=O)n1cc(C2CCNCC2)c2cc(F)ccc21. The highest BCUT2D eigenvalue weighted by atomic mass is 32.2. The molecule has 1 N–H and O–H groups in total. The molecular formula is C18H27FN2O2SSi. The van der Waals surface area contributed by atoms with Crippen LogP contribution in [0.25, 0.3) is 10.9 Å². The first-order valence-corrected chi connectivity index (χ1v) is 14.2. The maximum Gasteiger partial charge on any atom is 0.238 e. The van der Waals surface area contributed by atoms with Crippen molar-refractivity contribution in [3.05, 3.63) is 35.8 Å². The fraction of sp³-hybridized carbons (Fsp3) is 0.556. The van der Waals surface area contributed by atoms with Gasteiger partial charge in [0.15, 0.2) is 0 Å². The third-order valence-electron chi connectivity index (χ3n) is 4.95. The van der Waals surface area contributed by atoms with Gasteiger partial charge in [0.25, 0.3) is 0 Å². The second kappa shape index (κ2) is 6.85. The Hall–Kier alpha value is -1.18. The molecule has 4 nitrogen and oxygen atoms in total. The third-order valence-corrected chi connectivity index (χ3v) is 8.69. The van der Waals surface area contributed by atoms with E-state index in [1.807, 2.05) is 0 Å². The van der Waals surface area contributed by atoms with Crippen molar-refractivity contribution in [2.45, 2.75) is 44.4 Å². The number of halogens is 1. The predicted molar refractivity (Wildman–Crippen MR) is 104 cm³/mol. The average Bonchev–Trinajstić information content (AvgIpc) is 2.93. The molecule has 25 heavy (non-hydrogen) atoms. The van der Waals surface area contributed by atoms with Gasteiger partial charge in [0.2, 0.25) is 10.0 Å². The molecule has 1 aliphatic heterocycles. The molecule has 7 heteroatoms. The summed E-state index contributed by atoms with van der Waals surface area (Å²) in [5.74, 6) is 0.106. The lowest BCUT2D eigenvalue weighted by atomic mass is 9.90. The maximum absolute atomic E-state index is 13.8. The van der Waals surface area contributed by atoms with Crippen LogP contribution in [-0.2, 0) is 10.0 Å². The van der Waals surface area contributed by atoms with E-state index in [0.29, 0.717) is 5.52 Å². The van der Waals surface area contributed by atoms with Crippen LogP contribution in [0.2, 0.25) is 25.7 Å². The summed E-state index contributed by atoms with van der Waals surface area (Å²) in [5.41, 5.74) is 1.57. The van der Waals surface area contributed by atoms with Gasteiger partial charge in [0, 0.05) is 19.7 Å². The van der Waals surface area contributed by atoms with Crippen molar-refractivity contribution in [3.63, 3.8) is 0 Å². The lowest BCUT2D eigenvalue weighted by molar-refractivity contribution is 0.462. The molecule has 1 fully saturated rings. The van der Waals surface area contributed by atoms with E-state index in [1.165, 1.54) is 16.1 Å². The topological polar surface area (TPSA) is 51.1 Å². The smallest absolute Gasteiger partial charge is 0.238 e. The van der Waals surface area contributed by atoms with E-state index >= 15 is 0 Å². The zero-order valence-corrected chi connectivity index (χ0v) is 17.0.